The molecule has 0 saturated heterocycles. The lowest BCUT2D eigenvalue weighted by molar-refractivity contribution is -0.139. The number of hydrogen-bond acceptors (Lipinski definition) is 7. The van der Waals surface area contributed by atoms with Crippen molar-refractivity contribution in [1.82, 2.24) is 4.90 Å². The van der Waals surface area contributed by atoms with Gasteiger partial charge in [0.05, 0.1) is 30.3 Å². The molecule has 1 amide bonds. The van der Waals surface area contributed by atoms with Gasteiger partial charge in [0.1, 0.15) is 10.9 Å². The summed E-state index contributed by atoms with van der Waals surface area (Å²) in [7, 11) is 0. The third-order valence-electron chi connectivity index (χ3n) is 5.53. The minimum absolute atomic E-state index is 0.0248. The van der Waals surface area contributed by atoms with Crippen LogP contribution in [-0.2, 0) is 23.9 Å². The maximum Gasteiger partial charge on any atom is 0.338 e. The van der Waals surface area contributed by atoms with E-state index in [0.29, 0.717) is 20.5 Å². The fraction of sp³-hybridized carbons (Fsp3) is 0.192. The largest absolute Gasteiger partial charge is 0.463 e. The first-order valence-corrected chi connectivity index (χ1v) is 12.7. The number of benzene rings is 2. The van der Waals surface area contributed by atoms with Crippen LogP contribution in [-0.4, -0.2) is 36.0 Å². The summed E-state index contributed by atoms with van der Waals surface area (Å²) in [4.78, 5) is 41.7. The molecule has 10 heteroatoms. The van der Waals surface area contributed by atoms with E-state index in [9.17, 15) is 14.4 Å². The number of amides is 1. The molecule has 0 radical (unpaired) electrons. The molecule has 1 unspecified atom stereocenters. The molecule has 4 rings (SSSR count). The summed E-state index contributed by atoms with van der Waals surface area (Å²) in [5.41, 5.74) is 7.84. The molecule has 0 spiro atoms. The van der Waals surface area contributed by atoms with Crippen molar-refractivity contribution in [3.8, 4) is 0 Å². The number of nitrogens with two attached hydrogens (primary N) is 1. The van der Waals surface area contributed by atoms with E-state index >= 15 is 0 Å². The van der Waals surface area contributed by atoms with Crippen molar-refractivity contribution in [2.24, 2.45) is 5.73 Å². The molecule has 2 aromatic carbocycles. The number of ether oxygens (including phenoxy) is 2. The molecule has 36 heavy (non-hydrogen) atoms. The second-order valence-electron chi connectivity index (χ2n) is 7.73. The standard InChI is InChI=1S/C26H22Cl2N2O5S/c1-3-34-25(32)21-20(15-7-11-17(28)12-8-15)22(26(33)35-4-2)24-30(23(21)29)19(31)13-18(36-24)14-5-9-16(27)10-6-14/h5-13,20H,3-4,29H2,1-2H3. The summed E-state index contributed by atoms with van der Waals surface area (Å²) >= 11 is 13.3. The molecule has 0 bridgehead atoms. The van der Waals surface area contributed by atoms with Crippen LogP contribution < -0.4 is 5.73 Å². The zero-order valence-electron chi connectivity index (χ0n) is 19.4. The lowest BCUT2D eigenvalue weighted by atomic mass is 9.82. The highest BCUT2D eigenvalue weighted by molar-refractivity contribution is 8.11. The average Bonchev–Trinajstić information content (AvgIpc) is 2.84. The van der Waals surface area contributed by atoms with Crippen molar-refractivity contribution in [3.05, 3.63) is 97.8 Å². The van der Waals surface area contributed by atoms with E-state index in [1.807, 2.05) is 0 Å². The van der Waals surface area contributed by atoms with E-state index < -0.39 is 23.8 Å². The maximum absolute atomic E-state index is 13.4. The van der Waals surface area contributed by atoms with Crippen LogP contribution in [0.2, 0.25) is 10.0 Å². The van der Waals surface area contributed by atoms with Gasteiger partial charge in [0.25, 0.3) is 5.91 Å². The minimum atomic E-state index is -0.948. The quantitative estimate of drug-likeness (QED) is 0.498. The van der Waals surface area contributed by atoms with Crippen LogP contribution in [0.5, 0.6) is 0 Å². The van der Waals surface area contributed by atoms with E-state index in [0.717, 1.165) is 10.5 Å². The number of carbonyl (C=O) groups is 3. The molecule has 1 atom stereocenters. The smallest absolute Gasteiger partial charge is 0.338 e. The predicted octanol–water partition coefficient (Wildman–Crippen LogP) is 5.22. The van der Waals surface area contributed by atoms with Crippen molar-refractivity contribution in [2.45, 2.75) is 19.8 Å². The molecule has 0 aromatic heterocycles. The van der Waals surface area contributed by atoms with Gasteiger partial charge in [0, 0.05) is 21.0 Å². The normalized spacial score (nSPS) is 17.6. The van der Waals surface area contributed by atoms with Crippen LogP contribution in [0.1, 0.15) is 30.9 Å². The molecule has 0 aliphatic carbocycles. The molecule has 2 N–H and O–H groups in total. The van der Waals surface area contributed by atoms with E-state index in [1.54, 1.807) is 62.4 Å². The number of halogens is 2. The Morgan fingerprint density at radius 3 is 2.00 bits per heavy atom. The van der Waals surface area contributed by atoms with Crippen LogP contribution in [0.15, 0.2) is 76.6 Å². The van der Waals surface area contributed by atoms with Crippen molar-refractivity contribution < 1.29 is 23.9 Å². The Labute approximate surface area is 222 Å². The highest BCUT2D eigenvalue weighted by atomic mass is 35.5. The molecule has 2 aliphatic rings. The molecular formula is C26H22Cl2N2O5S. The molecular weight excluding hydrogens is 523 g/mol. The van der Waals surface area contributed by atoms with E-state index in [-0.39, 0.29) is 35.2 Å². The van der Waals surface area contributed by atoms with Crippen molar-refractivity contribution >= 4 is 57.7 Å². The highest BCUT2D eigenvalue weighted by Gasteiger charge is 2.45. The fourth-order valence-corrected chi connectivity index (χ4v) is 5.45. The number of nitrogens with zero attached hydrogens (tertiary/aromatic N) is 1. The summed E-state index contributed by atoms with van der Waals surface area (Å²) in [6.45, 7) is 3.51. The zero-order chi connectivity index (χ0) is 26.0. The van der Waals surface area contributed by atoms with Crippen LogP contribution in [0.3, 0.4) is 0 Å². The number of esters is 2. The predicted molar refractivity (Wildman–Crippen MR) is 140 cm³/mol. The number of hydrogen-bond donors (Lipinski definition) is 1. The molecule has 0 saturated carbocycles. The lowest BCUT2D eigenvalue weighted by Gasteiger charge is -2.38. The number of thioether (sulfide) groups is 1. The Hall–Kier alpha value is -3.20. The number of carbonyl (C=O) groups excluding carboxylic acids is 3. The van der Waals surface area contributed by atoms with Crippen LogP contribution >= 0.6 is 35.0 Å². The van der Waals surface area contributed by atoms with Crippen molar-refractivity contribution in [3.63, 3.8) is 0 Å². The zero-order valence-corrected chi connectivity index (χ0v) is 21.7. The Bertz CT molecular complexity index is 1320. The average molecular weight is 545 g/mol. The van der Waals surface area contributed by atoms with Crippen LogP contribution in [0, 0.1) is 0 Å². The molecule has 186 valence electrons. The summed E-state index contributed by atoms with van der Waals surface area (Å²) in [6, 6.07) is 13.7. The van der Waals surface area contributed by atoms with Gasteiger partial charge < -0.3 is 15.2 Å². The van der Waals surface area contributed by atoms with Crippen molar-refractivity contribution in [1.29, 1.82) is 0 Å². The highest BCUT2D eigenvalue weighted by Crippen LogP contribution is 2.50. The summed E-state index contributed by atoms with van der Waals surface area (Å²) < 4.78 is 10.7. The second kappa shape index (κ2) is 10.8. The van der Waals surface area contributed by atoms with Gasteiger partial charge in [0.2, 0.25) is 0 Å². The third-order valence-corrected chi connectivity index (χ3v) is 7.21. The van der Waals surface area contributed by atoms with Gasteiger partial charge in [-0.1, -0.05) is 59.2 Å². The Kier molecular flexibility index (Phi) is 7.78. The van der Waals surface area contributed by atoms with Gasteiger partial charge in [-0.05, 0) is 49.2 Å². The van der Waals surface area contributed by atoms with E-state index in [1.165, 1.54) is 17.8 Å². The summed E-state index contributed by atoms with van der Waals surface area (Å²) in [5.74, 6) is -2.98. The molecule has 2 heterocycles. The summed E-state index contributed by atoms with van der Waals surface area (Å²) in [5, 5.41) is 1.29. The Morgan fingerprint density at radius 1 is 0.917 bits per heavy atom. The third kappa shape index (κ3) is 4.89. The van der Waals surface area contributed by atoms with Gasteiger partial charge in [-0.2, -0.15) is 0 Å². The van der Waals surface area contributed by atoms with E-state index in [4.69, 9.17) is 38.4 Å². The van der Waals surface area contributed by atoms with Crippen LogP contribution in [0.25, 0.3) is 4.91 Å². The molecule has 2 aliphatic heterocycles. The lowest BCUT2D eigenvalue weighted by Crippen LogP contribution is -2.42. The van der Waals surface area contributed by atoms with Gasteiger partial charge in [0.15, 0.2) is 0 Å². The Morgan fingerprint density at radius 2 is 1.44 bits per heavy atom. The maximum atomic E-state index is 13.4. The monoisotopic (exact) mass is 544 g/mol. The fourth-order valence-electron chi connectivity index (χ4n) is 3.99. The molecule has 0 fully saturated rings. The SMILES string of the molecule is CCOC(=O)C1=C(N)N2C(=O)C=C(c3ccc(Cl)cc3)SC2=C(C(=O)OCC)C1c1ccc(Cl)cc1. The first-order chi connectivity index (χ1) is 17.3. The van der Waals surface area contributed by atoms with E-state index in [2.05, 4.69) is 0 Å². The Balaban J connectivity index is 1.98. The van der Waals surface area contributed by atoms with Gasteiger partial charge in [-0.15, -0.1) is 0 Å². The number of fused-ring (bicyclic) bond motifs is 1. The summed E-state index contributed by atoms with van der Waals surface area (Å²) in [6.07, 6.45) is 1.40. The number of rotatable bonds is 6. The first kappa shape index (κ1) is 25.9. The van der Waals surface area contributed by atoms with Gasteiger partial charge in [-0.25, -0.2) is 9.59 Å². The van der Waals surface area contributed by atoms with Gasteiger partial charge in [-0.3, -0.25) is 9.69 Å². The molecule has 2 aromatic rings. The van der Waals surface area contributed by atoms with Crippen molar-refractivity contribution in [2.75, 3.05) is 13.2 Å². The first-order valence-electron chi connectivity index (χ1n) is 11.1. The van der Waals surface area contributed by atoms with Crippen LogP contribution in [0.4, 0.5) is 0 Å². The van der Waals surface area contributed by atoms with Gasteiger partial charge >= 0.3 is 11.9 Å². The second-order valence-corrected chi connectivity index (χ2v) is 9.64. The minimum Gasteiger partial charge on any atom is -0.463 e. The molecule has 7 nitrogen and oxygen atoms in total. The topological polar surface area (TPSA) is 98.9 Å².